The van der Waals surface area contributed by atoms with Gasteiger partial charge in [0, 0.05) is 11.8 Å². The Morgan fingerprint density at radius 2 is 1.69 bits per heavy atom. The van der Waals surface area contributed by atoms with Crippen molar-refractivity contribution in [1.29, 1.82) is 0 Å². The maximum Gasteiger partial charge on any atom is 0.260 e. The second-order valence-corrected chi connectivity index (χ2v) is 8.36. The van der Waals surface area contributed by atoms with Gasteiger partial charge in [-0.15, -0.1) is 0 Å². The summed E-state index contributed by atoms with van der Waals surface area (Å²) in [5.74, 6) is -0.0619. The van der Waals surface area contributed by atoms with Gasteiger partial charge in [-0.25, -0.2) is 4.98 Å². The highest BCUT2D eigenvalue weighted by Crippen LogP contribution is 2.34. The summed E-state index contributed by atoms with van der Waals surface area (Å²) in [4.78, 5) is 24.5. The van der Waals surface area contributed by atoms with Crippen LogP contribution in [0.15, 0.2) is 54.7 Å². The van der Waals surface area contributed by atoms with Gasteiger partial charge in [0.25, 0.3) is 5.91 Å². The van der Waals surface area contributed by atoms with Crippen molar-refractivity contribution in [3.63, 3.8) is 0 Å². The van der Waals surface area contributed by atoms with Crippen LogP contribution in [-0.4, -0.2) is 15.9 Å². The predicted molar refractivity (Wildman–Crippen MR) is 120 cm³/mol. The van der Waals surface area contributed by atoms with Crippen LogP contribution >= 0.6 is 11.3 Å². The summed E-state index contributed by atoms with van der Waals surface area (Å²) in [6.07, 6.45) is 1.75. The van der Waals surface area contributed by atoms with Crippen molar-refractivity contribution in [3.05, 3.63) is 88.2 Å². The van der Waals surface area contributed by atoms with E-state index in [0.717, 1.165) is 27.0 Å². The van der Waals surface area contributed by atoms with E-state index in [1.165, 1.54) is 11.1 Å². The number of aromatic nitrogens is 2. The molecular formula is C24H23N3OS. The van der Waals surface area contributed by atoms with Crippen LogP contribution < -0.4 is 4.90 Å². The maximum atomic E-state index is 13.5. The molecule has 0 bridgehead atoms. The second-order valence-electron chi connectivity index (χ2n) is 7.38. The van der Waals surface area contributed by atoms with Crippen molar-refractivity contribution in [2.24, 2.45) is 0 Å². The number of carbonyl (C=O) groups is 1. The van der Waals surface area contributed by atoms with Crippen LogP contribution in [0.3, 0.4) is 0 Å². The number of rotatable bonds is 4. The Morgan fingerprint density at radius 3 is 2.38 bits per heavy atom. The van der Waals surface area contributed by atoms with Crippen molar-refractivity contribution in [3.8, 4) is 0 Å². The number of pyridine rings is 1. The van der Waals surface area contributed by atoms with E-state index in [1.54, 1.807) is 22.4 Å². The molecule has 5 heteroatoms. The number of carbonyl (C=O) groups excluding carboxylic acids is 1. The number of hydrogen-bond acceptors (Lipinski definition) is 4. The van der Waals surface area contributed by atoms with E-state index >= 15 is 0 Å². The highest BCUT2D eigenvalue weighted by molar-refractivity contribution is 7.22. The third-order valence-electron chi connectivity index (χ3n) is 5.21. The van der Waals surface area contributed by atoms with Crippen molar-refractivity contribution in [2.75, 3.05) is 4.90 Å². The van der Waals surface area contributed by atoms with Gasteiger partial charge < -0.3 is 0 Å². The number of benzene rings is 2. The Balaban J connectivity index is 1.82. The van der Waals surface area contributed by atoms with E-state index in [0.29, 0.717) is 17.2 Å². The molecule has 0 unspecified atom stereocenters. The third kappa shape index (κ3) is 3.78. The average molecular weight is 402 g/mol. The number of nitrogens with zero attached hydrogens (tertiary/aromatic N) is 3. The lowest BCUT2D eigenvalue weighted by Crippen LogP contribution is -2.30. The molecule has 1 amide bonds. The summed E-state index contributed by atoms with van der Waals surface area (Å²) in [7, 11) is 0. The fourth-order valence-corrected chi connectivity index (χ4v) is 4.38. The van der Waals surface area contributed by atoms with Gasteiger partial charge in [0.2, 0.25) is 0 Å². The van der Waals surface area contributed by atoms with E-state index in [-0.39, 0.29) is 5.91 Å². The lowest BCUT2D eigenvalue weighted by molar-refractivity contribution is 0.0984. The van der Waals surface area contributed by atoms with Gasteiger partial charge in [-0.2, -0.15) is 0 Å². The first-order valence-electron chi connectivity index (χ1n) is 9.60. The summed E-state index contributed by atoms with van der Waals surface area (Å²) >= 11 is 1.56. The van der Waals surface area contributed by atoms with E-state index in [2.05, 4.69) is 31.0 Å². The van der Waals surface area contributed by atoms with Crippen LogP contribution in [0.5, 0.6) is 0 Å². The quantitative estimate of drug-likeness (QED) is 0.436. The van der Waals surface area contributed by atoms with Gasteiger partial charge >= 0.3 is 0 Å². The van der Waals surface area contributed by atoms with E-state index in [4.69, 9.17) is 4.98 Å². The zero-order valence-electron chi connectivity index (χ0n) is 17.1. The molecule has 0 N–H and O–H groups in total. The first kappa shape index (κ1) is 19.3. The minimum absolute atomic E-state index is 0.0619. The molecule has 2 aromatic heterocycles. The first-order valence-corrected chi connectivity index (χ1v) is 10.4. The minimum atomic E-state index is -0.0619. The molecule has 0 aliphatic carbocycles. The van der Waals surface area contributed by atoms with Gasteiger partial charge in [0.1, 0.15) is 0 Å². The zero-order valence-corrected chi connectivity index (χ0v) is 17.9. The van der Waals surface area contributed by atoms with Crippen molar-refractivity contribution in [1.82, 2.24) is 9.97 Å². The molecule has 4 nitrogen and oxygen atoms in total. The summed E-state index contributed by atoms with van der Waals surface area (Å²) in [6.45, 7) is 8.59. The number of fused-ring (bicyclic) bond motifs is 1. The van der Waals surface area contributed by atoms with Crippen molar-refractivity contribution in [2.45, 2.75) is 34.2 Å². The second kappa shape index (κ2) is 7.76. The highest BCUT2D eigenvalue weighted by Gasteiger charge is 2.23. The highest BCUT2D eigenvalue weighted by atomic mass is 32.1. The molecular weight excluding hydrogens is 378 g/mol. The topological polar surface area (TPSA) is 46.1 Å². The monoisotopic (exact) mass is 401 g/mol. The largest absolute Gasteiger partial charge is 0.278 e. The summed E-state index contributed by atoms with van der Waals surface area (Å²) in [5, 5.41) is 0.700. The van der Waals surface area contributed by atoms with Crippen LogP contribution in [0.4, 0.5) is 5.13 Å². The molecule has 4 rings (SSSR count). The van der Waals surface area contributed by atoms with Gasteiger partial charge in [0.05, 0.1) is 22.5 Å². The SMILES string of the molecule is Cc1ccc(C(=O)N(Cc2ccccn2)c2nc3c(C)ccc(C)c3s2)cc1C. The molecule has 2 heterocycles. The Labute approximate surface area is 174 Å². The van der Waals surface area contributed by atoms with Crippen molar-refractivity contribution >= 4 is 32.6 Å². The molecule has 0 saturated heterocycles. The maximum absolute atomic E-state index is 13.5. The molecule has 0 aliphatic rings. The van der Waals surface area contributed by atoms with Crippen LogP contribution in [0.25, 0.3) is 10.2 Å². The number of anilines is 1. The fraction of sp³-hybridized carbons (Fsp3) is 0.208. The fourth-order valence-electron chi connectivity index (χ4n) is 3.27. The van der Waals surface area contributed by atoms with Crippen LogP contribution in [0.1, 0.15) is 38.3 Å². The van der Waals surface area contributed by atoms with Gasteiger partial charge in [-0.1, -0.05) is 35.6 Å². The summed E-state index contributed by atoms with van der Waals surface area (Å²) in [5.41, 5.74) is 7.02. The van der Waals surface area contributed by atoms with E-state index in [9.17, 15) is 4.79 Å². The number of hydrogen-bond donors (Lipinski definition) is 0. The van der Waals surface area contributed by atoms with Crippen LogP contribution in [-0.2, 0) is 6.54 Å². The molecule has 0 atom stereocenters. The number of thiazole rings is 1. The Kier molecular flexibility index (Phi) is 5.16. The summed E-state index contributed by atoms with van der Waals surface area (Å²) < 4.78 is 1.12. The van der Waals surface area contributed by atoms with Gasteiger partial charge in [-0.05, 0) is 74.2 Å². The third-order valence-corrected chi connectivity index (χ3v) is 6.42. The molecule has 0 saturated carbocycles. The predicted octanol–water partition coefficient (Wildman–Crippen LogP) is 5.77. The van der Waals surface area contributed by atoms with Crippen LogP contribution in [0, 0.1) is 27.7 Å². The Morgan fingerprint density at radius 1 is 0.931 bits per heavy atom. The molecule has 29 heavy (non-hydrogen) atoms. The first-order chi connectivity index (χ1) is 13.9. The van der Waals surface area contributed by atoms with Crippen LogP contribution in [0.2, 0.25) is 0 Å². The van der Waals surface area contributed by atoms with Gasteiger partial charge in [0.15, 0.2) is 5.13 Å². The summed E-state index contributed by atoms with van der Waals surface area (Å²) in [6, 6.07) is 15.8. The Hall–Kier alpha value is -3.05. The standard InChI is InChI=1S/C24H23N3OS/c1-15-10-11-19(13-18(15)4)23(28)27(14-20-7-5-6-12-25-20)24-26-21-16(2)8-9-17(3)22(21)29-24/h5-13H,14H2,1-4H3. The molecule has 4 aromatic rings. The molecule has 0 spiro atoms. The molecule has 0 radical (unpaired) electrons. The molecule has 2 aromatic carbocycles. The van der Waals surface area contributed by atoms with E-state index in [1.807, 2.05) is 50.2 Å². The lowest BCUT2D eigenvalue weighted by atomic mass is 10.1. The smallest absolute Gasteiger partial charge is 0.260 e. The normalized spacial score (nSPS) is 11.0. The zero-order chi connectivity index (χ0) is 20.5. The average Bonchev–Trinajstić information content (AvgIpc) is 3.18. The number of aryl methyl sites for hydroxylation is 4. The van der Waals surface area contributed by atoms with Gasteiger partial charge in [-0.3, -0.25) is 14.7 Å². The lowest BCUT2D eigenvalue weighted by Gasteiger charge is -2.20. The molecule has 146 valence electrons. The molecule has 0 aliphatic heterocycles. The van der Waals surface area contributed by atoms with E-state index < -0.39 is 0 Å². The molecule has 0 fully saturated rings. The Bertz CT molecular complexity index is 1160. The number of amides is 1. The minimum Gasteiger partial charge on any atom is -0.278 e. The van der Waals surface area contributed by atoms with Crippen molar-refractivity contribution < 1.29 is 4.79 Å².